The Balaban J connectivity index is 3.28. The molecular weight excluding hydrogens is 323 g/mol. The normalized spacial score (nSPS) is 12.3. The number of carboxylic acid groups (broad SMARTS) is 1. The van der Waals surface area contributed by atoms with Gasteiger partial charge in [-0.1, -0.05) is 6.92 Å². The summed E-state index contributed by atoms with van der Waals surface area (Å²) in [5.41, 5.74) is -0.732. The second kappa shape index (κ2) is 6.10. The molecule has 1 aromatic rings. The minimum atomic E-state index is -4.10. The van der Waals surface area contributed by atoms with Crippen LogP contribution in [0.2, 0.25) is 0 Å². The Labute approximate surface area is 122 Å². The molecule has 0 spiro atoms. The van der Waals surface area contributed by atoms with Crippen LogP contribution in [0.15, 0.2) is 17.0 Å². The third kappa shape index (κ3) is 4.24. The molecule has 0 aromatic heterocycles. The molecule has 21 heavy (non-hydrogen) atoms. The van der Waals surface area contributed by atoms with E-state index in [4.69, 9.17) is 5.11 Å². The number of rotatable bonds is 6. The summed E-state index contributed by atoms with van der Waals surface area (Å²) in [5, 5.41) is 8.83. The lowest BCUT2D eigenvalue weighted by Gasteiger charge is -2.10. The van der Waals surface area contributed by atoms with Crippen molar-refractivity contribution in [3.05, 3.63) is 29.1 Å². The van der Waals surface area contributed by atoms with E-state index >= 15 is 0 Å². The number of carboxylic acids is 1. The van der Waals surface area contributed by atoms with Crippen molar-refractivity contribution in [1.82, 2.24) is 0 Å². The van der Waals surface area contributed by atoms with E-state index in [1.165, 1.54) is 13.8 Å². The number of aromatic carboxylic acids is 1. The molecule has 0 saturated carbocycles. The van der Waals surface area contributed by atoms with Gasteiger partial charge in [-0.25, -0.2) is 26.0 Å². The van der Waals surface area contributed by atoms with Gasteiger partial charge < -0.3 is 5.11 Å². The van der Waals surface area contributed by atoms with E-state index in [2.05, 4.69) is 0 Å². The third-order valence-electron chi connectivity index (χ3n) is 2.98. The summed E-state index contributed by atoms with van der Waals surface area (Å²) in [6, 6.07) is 1.56. The van der Waals surface area contributed by atoms with Crippen molar-refractivity contribution in [3.8, 4) is 0 Å². The molecule has 0 fully saturated rings. The SMILES string of the molecule is CCS(=O)(=O)CCS(=O)(=O)c1cc(C(=O)O)cc(F)c1C. The first kappa shape index (κ1) is 17.6. The summed E-state index contributed by atoms with van der Waals surface area (Å²) in [6.07, 6.45) is 0. The highest BCUT2D eigenvalue weighted by molar-refractivity contribution is 7.95. The monoisotopic (exact) mass is 338 g/mol. The molecule has 0 aliphatic carbocycles. The average molecular weight is 338 g/mol. The molecule has 0 amide bonds. The van der Waals surface area contributed by atoms with Gasteiger partial charge in [0.1, 0.15) is 5.82 Å². The van der Waals surface area contributed by atoms with Crippen molar-refractivity contribution in [2.24, 2.45) is 0 Å². The topological polar surface area (TPSA) is 106 Å². The molecule has 1 rings (SSSR count). The van der Waals surface area contributed by atoms with Crippen LogP contribution in [0.1, 0.15) is 22.8 Å². The minimum Gasteiger partial charge on any atom is -0.478 e. The highest BCUT2D eigenvalue weighted by Gasteiger charge is 2.24. The second-order valence-electron chi connectivity index (χ2n) is 4.44. The highest BCUT2D eigenvalue weighted by atomic mass is 32.2. The molecule has 6 nitrogen and oxygen atoms in total. The predicted molar refractivity (Wildman–Crippen MR) is 74.5 cm³/mol. The van der Waals surface area contributed by atoms with Gasteiger partial charge in [-0.15, -0.1) is 0 Å². The molecule has 0 heterocycles. The van der Waals surface area contributed by atoms with E-state index in [0.717, 1.165) is 12.1 Å². The van der Waals surface area contributed by atoms with Crippen molar-refractivity contribution < 1.29 is 31.1 Å². The molecule has 0 saturated heterocycles. The molecule has 0 aliphatic rings. The number of hydrogen-bond acceptors (Lipinski definition) is 5. The zero-order valence-electron chi connectivity index (χ0n) is 11.5. The van der Waals surface area contributed by atoms with Crippen molar-refractivity contribution >= 4 is 25.6 Å². The standard InChI is InChI=1S/C12H15FO6S2/c1-3-20(16,17)4-5-21(18,19)11-7-9(12(14)15)6-10(13)8(11)2/h6-7H,3-5H2,1-2H3,(H,14,15). The van der Waals surface area contributed by atoms with Gasteiger partial charge in [0, 0.05) is 11.3 Å². The number of sulfone groups is 2. The Bertz CT molecular complexity index is 765. The van der Waals surface area contributed by atoms with Gasteiger partial charge in [-0.2, -0.15) is 0 Å². The number of carbonyl (C=O) groups is 1. The average Bonchev–Trinajstić information content (AvgIpc) is 2.39. The molecule has 9 heteroatoms. The fraction of sp³-hybridized carbons (Fsp3) is 0.417. The summed E-state index contributed by atoms with van der Waals surface area (Å²) in [7, 11) is -7.59. The molecule has 118 valence electrons. The van der Waals surface area contributed by atoms with Gasteiger partial charge in [-0.3, -0.25) is 0 Å². The van der Waals surface area contributed by atoms with Gasteiger partial charge in [0.15, 0.2) is 19.7 Å². The van der Waals surface area contributed by atoms with Crippen LogP contribution in [-0.2, 0) is 19.7 Å². The highest BCUT2D eigenvalue weighted by Crippen LogP contribution is 2.22. The van der Waals surface area contributed by atoms with Crippen molar-refractivity contribution in [2.75, 3.05) is 17.3 Å². The Morgan fingerprint density at radius 2 is 1.76 bits per heavy atom. The molecule has 1 aromatic carbocycles. The number of hydrogen-bond donors (Lipinski definition) is 1. The summed E-state index contributed by atoms with van der Waals surface area (Å²) in [4.78, 5) is 10.4. The summed E-state index contributed by atoms with van der Waals surface area (Å²) >= 11 is 0. The third-order valence-corrected chi connectivity index (χ3v) is 6.78. The van der Waals surface area contributed by atoms with E-state index in [1.54, 1.807) is 0 Å². The van der Waals surface area contributed by atoms with Crippen molar-refractivity contribution in [2.45, 2.75) is 18.7 Å². The molecule has 0 unspecified atom stereocenters. The smallest absolute Gasteiger partial charge is 0.335 e. The Morgan fingerprint density at radius 3 is 2.24 bits per heavy atom. The van der Waals surface area contributed by atoms with Crippen molar-refractivity contribution in [3.63, 3.8) is 0 Å². The number of benzene rings is 1. The summed E-state index contributed by atoms with van der Waals surface area (Å²) in [6.45, 7) is 2.58. The first-order valence-corrected chi connectivity index (χ1v) is 9.44. The molecule has 1 N–H and O–H groups in total. The van der Waals surface area contributed by atoms with E-state index in [1.807, 2.05) is 0 Å². The Morgan fingerprint density at radius 1 is 1.19 bits per heavy atom. The van der Waals surface area contributed by atoms with Crippen LogP contribution < -0.4 is 0 Å². The van der Waals surface area contributed by atoms with Crippen LogP contribution >= 0.6 is 0 Å². The van der Waals surface area contributed by atoms with Crippen LogP contribution in [0.5, 0.6) is 0 Å². The zero-order chi connectivity index (χ0) is 16.4. The predicted octanol–water partition coefficient (Wildman–Crippen LogP) is 1.04. The molecular formula is C12H15FO6S2. The van der Waals surface area contributed by atoms with Gasteiger partial charge in [0.25, 0.3) is 0 Å². The van der Waals surface area contributed by atoms with E-state index in [9.17, 15) is 26.0 Å². The van der Waals surface area contributed by atoms with Gasteiger partial charge in [0.05, 0.1) is 22.0 Å². The first-order chi connectivity index (χ1) is 9.50. The molecule has 0 aliphatic heterocycles. The van der Waals surface area contributed by atoms with Gasteiger partial charge >= 0.3 is 5.97 Å². The molecule has 0 bridgehead atoms. The fourth-order valence-corrected chi connectivity index (χ4v) is 4.86. The lowest BCUT2D eigenvalue weighted by molar-refractivity contribution is 0.0696. The van der Waals surface area contributed by atoms with Gasteiger partial charge in [0.2, 0.25) is 0 Å². The van der Waals surface area contributed by atoms with Crippen LogP contribution in [0.25, 0.3) is 0 Å². The van der Waals surface area contributed by atoms with E-state index in [-0.39, 0.29) is 11.3 Å². The van der Waals surface area contributed by atoms with E-state index < -0.39 is 53.4 Å². The second-order valence-corrected chi connectivity index (χ2v) is 8.99. The summed E-state index contributed by atoms with van der Waals surface area (Å²) in [5.74, 6) is -3.94. The Hall–Kier alpha value is -1.48. The summed E-state index contributed by atoms with van der Waals surface area (Å²) < 4.78 is 60.6. The molecule has 0 radical (unpaired) electrons. The number of halogens is 1. The maximum atomic E-state index is 13.6. The Kier molecular flexibility index (Phi) is 5.11. The van der Waals surface area contributed by atoms with E-state index in [0.29, 0.717) is 0 Å². The van der Waals surface area contributed by atoms with Gasteiger partial charge in [-0.05, 0) is 19.1 Å². The quantitative estimate of drug-likeness (QED) is 0.831. The first-order valence-electron chi connectivity index (χ1n) is 5.97. The van der Waals surface area contributed by atoms with Crippen LogP contribution in [0, 0.1) is 12.7 Å². The maximum Gasteiger partial charge on any atom is 0.335 e. The lowest BCUT2D eigenvalue weighted by Crippen LogP contribution is -2.20. The maximum absolute atomic E-state index is 13.6. The zero-order valence-corrected chi connectivity index (χ0v) is 13.1. The lowest BCUT2D eigenvalue weighted by atomic mass is 10.1. The van der Waals surface area contributed by atoms with Crippen LogP contribution in [0.3, 0.4) is 0 Å². The van der Waals surface area contributed by atoms with Crippen LogP contribution in [0.4, 0.5) is 4.39 Å². The van der Waals surface area contributed by atoms with Crippen molar-refractivity contribution in [1.29, 1.82) is 0 Å². The largest absolute Gasteiger partial charge is 0.478 e. The molecule has 0 atom stereocenters. The van der Waals surface area contributed by atoms with Crippen LogP contribution in [-0.4, -0.2) is 45.2 Å². The minimum absolute atomic E-state index is 0.203. The fourth-order valence-electron chi connectivity index (χ4n) is 1.59.